The molecule has 3 saturated carbocycles. The zero-order valence-electron chi connectivity index (χ0n) is 16.5. The van der Waals surface area contributed by atoms with E-state index in [1.165, 1.54) is 16.8 Å². The first-order chi connectivity index (χ1) is 13.5. The van der Waals surface area contributed by atoms with Crippen LogP contribution < -0.4 is 11.2 Å². The van der Waals surface area contributed by atoms with E-state index in [0.29, 0.717) is 17.8 Å². The number of hydrazone groups is 1. The lowest BCUT2D eigenvalue weighted by Crippen LogP contribution is -2.59. The number of hydrogen-bond acceptors (Lipinski definition) is 3. The van der Waals surface area contributed by atoms with E-state index >= 15 is 0 Å². The molecule has 2 aromatic carbocycles. The molecular formula is C23H28N4S. The molecule has 28 heavy (non-hydrogen) atoms. The Morgan fingerprint density at radius 3 is 1.93 bits per heavy atom. The Morgan fingerprint density at radius 2 is 1.50 bits per heavy atom. The van der Waals surface area contributed by atoms with Crippen molar-refractivity contribution in [2.45, 2.75) is 36.6 Å². The molecule has 3 fully saturated rings. The molecule has 3 N–H and O–H groups in total. The van der Waals surface area contributed by atoms with E-state index in [4.69, 9.17) is 23.1 Å². The van der Waals surface area contributed by atoms with E-state index in [1.807, 2.05) is 0 Å². The molecule has 0 saturated heterocycles. The van der Waals surface area contributed by atoms with Gasteiger partial charge in [-0.1, -0.05) is 60.7 Å². The topological polar surface area (TPSA) is 53.6 Å². The van der Waals surface area contributed by atoms with Crippen LogP contribution in [0.4, 0.5) is 0 Å². The third kappa shape index (κ3) is 3.45. The van der Waals surface area contributed by atoms with Gasteiger partial charge in [0.05, 0.1) is 0 Å². The Balaban J connectivity index is 1.84. The molecule has 0 aliphatic heterocycles. The predicted octanol–water partition coefficient (Wildman–Crippen LogP) is 3.86. The average molecular weight is 393 g/mol. The van der Waals surface area contributed by atoms with Gasteiger partial charge < -0.3 is 10.6 Å². The summed E-state index contributed by atoms with van der Waals surface area (Å²) in [6.45, 7) is 0. The molecule has 0 aromatic heterocycles. The van der Waals surface area contributed by atoms with Crippen LogP contribution in [-0.4, -0.2) is 35.4 Å². The SMILES string of the molecule is CN(C)C12C/C(=N\NC(N)=S)C([C@H](c3ccccc3)C1)[C@H](c1ccccc1)C2. The summed E-state index contributed by atoms with van der Waals surface area (Å²) in [6, 6.07) is 21.8. The molecule has 0 unspecified atom stereocenters. The third-order valence-electron chi connectivity index (χ3n) is 6.68. The van der Waals surface area contributed by atoms with Crippen molar-refractivity contribution in [1.29, 1.82) is 0 Å². The highest BCUT2D eigenvalue weighted by Crippen LogP contribution is 2.58. The van der Waals surface area contributed by atoms with E-state index in [2.05, 4.69) is 85.1 Å². The van der Waals surface area contributed by atoms with Gasteiger partial charge in [-0.2, -0.15) is 5.10 Å². The van der Waals surface area contributed by atoms with Crippen LogP contribution in [-0.2, 0) is 0 Å². The van der Waals surface area contributed by atoms with E-state index in [-0.39, 0.29) is 10.7 Å². The first-order valence-electron chi connectivity index (χ1n) is 9.89. The summed E-state index contributed by atoms with van der Waals surface area (Å²) in [5.74, 6) is 1.18. The lowest BCUT2D eigenvalue weighted by atomic mass is 9.52. The molecular weight excluding hydrogens is 364 g/mol. The number of rotatable bonds is 4. The third-order valence-corrected chi connectivity index (χ3v) is 6.77. The van der Waals surface area contributed by atoms with Gasteiger partial charge in [0.15, 0.2) is 5.11 Å². The van der Waals surface area contributed by atoms with Gasteiger partial charge in [0, 0.05) is 23.6 Å². The zero-order valence-corrected chi connectivity index (χ0v) is 17.3. The van der Waals surface area contributed by atoms with E-state index in [1.54, 1.807) is 0 Å². The fourth-order valence-electron chi connectivity index (χ4n) is 5.32. The van der Waals surface area contributed by atoms with Gasteiger partial charge in [0.25, 0.3) is 0 Å². The Kier molecular flexibility index (Phi) is 5.21. The minimum atomic E-state index is 0.0759. The lowest BCUT2D eigenvalue weighted by Gasteiger charge is -2.58. The molecule has 0 radical (unpaired) electrons. The van der Waals surface area contributed by atoms with Crippen molar-refractivity contribution in [3.8, 4) is 0 Å². The molecule has 2 aromatic rings. The smallest absolute Gasteiger partial charge is 0.184 e. The molecule has 3 aliphatic rings. The number of hydrogen-bond donors (Lipinski definition) is 2. The van der Waals surface area contributed by atoms with Gasteiger partial charge in [0.1, 0.15) is 0 Å². The lowest BCUT2D eigenvalue weighted by molar-refractivity contribution is 0.0487. The monoisotopic (exact) mass is 392 g/mol. The zero-order chi connectivity index (χ0) is 19.7. The molecule has 0 heterocycles. The van der Waals surface area contributed by atoms with Crippen LogP contribution in [0.3, 0.4) is 0 Å². The minimum Gasteiger partial charge on any atom is -0.375 e. The standard InChI is InChI=1S/C23H28N4S/c1-27(2)23-13-18(16-9-5-3-6-10-16)21(20(15-23)25-26-22(24)28)19(14-23)17-11-7-4-8-12-17/h3-12,18-19,21H,13-15H2,1-2H3,(H3,24,26,28)/b25-20+/t18-,19-,21?,23?/m0/s1. The number of fused-ring (bicyclic) bond motifs is 3. The average Bonchev–Trinajstić information content (AvgIpc) is 2.73. The Hall–Kier alpha value is -2.24. The van der Waals surface area contributed by atoms with Gasteiger partial charge in [-0.3, -0.25) is 5.43 Å². The van der Waals surface area contributed by atoms with Crippen LogP contribution in [0.25, 0.3) is 0 Å². The number of nitrogens with zero attached hydrogens (tertiary/aromatic N) is 2. The van der Waals surface area contributed by atoms with Crippen molar-refractivity contribution >= 4 is 23.0 Å². The van der Waals surface area contributed by atoms with Gasteiger partial charge in [0.2, 0.25) is 0 Å². The van der Waals surface area contributed by atoms with Crippen LogP contribution in [0, 0.1) is 5.92 Å². The van der Waals surface area contributed by atoms with Crippen molar-refractivity contribution in [1.82, 2.24) is 10.3 Å². The fraction of sp³-hybridized carbons (Fsp3) is 0.391. The van der Waals surface area contributed by atoms with Gasteiger partial charge in [-0.25, -0.2) is 0 Å². The van der Waals surface area contributed by atoms with Crippen molar-refractivity contribution < 1.29 is 0 Å². The largest absolute Gasteiger partial charge is 0.375 e. The van der Waals surface area contributed by atoms with E-state index in [0.717, 1.165) is 19.3 Å². The van der Waals surface area contributed by atoms with Gasteiger partial charge >= 0.3 is 0 Å². The molecule has 4 nitrogen and oxygen atoms in total. The second-order valence-corrected chi connectivity index (χ2v) is 8.78. The fourth-order valence-corrected chi connectivity index (χ4v) is 5.36. The Bertz CT molecular complexity index is 813. The van der Waals surface area contributed by atoms with Crippen LogP contribution in [0.2, 0.25) is 0 Å². The summed E-state index contributed by atoms with van der Waals surface area (Å²) >= 11 is 5.02. The molecule has 5 rings (SSSR count). The molecule has 146 valence electrons. The van der Waals surface area contributed by atoms with Gasteiger partial charge in [-0.05, 0) is 62.1 Å². The van der Waals surface area contributed by atoms with E-state index in [9.17, 15) is 0 Å². The molecule has 3 aliphatic carbocycles. The quantitative estimate of drug-likeness (QED) is 0.613. The maximum atomic E-state index is 5.69. The summed E-state index contributed by atoms with van der Waals surface area (Å²) in [5.41, 5.74) is 12.6. The van der Waals surface area contributed by atoms with Crippen molar-refractivity contribution in [3.63, 3.8) is 0 Å². The molecule has 2 bridgehead atoms. The first kappa shape index (κ1) is 19.1. The van der Waals surface area contributed by atoms with Crippen molar-refractivity contribution in [2.75, 3.05) is 14.1 Å². The second-order valence-electron chi connectivity index (χ2n) is 8.34. The number of benzene rings is 2. The maximum Gasteiger partial charge on any atom is 0.184 e. The molecule has 2 atom stereocenters. The highest BCUT2D eigenvalue weighted by Gasteiger charge is 2.55. The normalized spacial score (nSPS) is 30.5. The number of nitrogens with one attached hydrogen (secondary N) is 1. The van der Waals surface area contributed by atoms with Crippen LogP contribution >= 0.6 is 12.2 Å². The first-order valence-corrected chi connectivity index (χ1v) is 10.3. The van der Waals surface area contributed by atoms with Crippen LogP contribution in [0.5, 0.6) is 0 Å². The summed E-state index contributed by atoms with van der Waals surface area (Å²) in [7, 11) is 4.41. The summed E-state index contributed by atoms with van der Waals surface area (Å²) in [6.07, 6.45) is 3.24. The second kappa shape index (κ2) is 7.64. The highest BCUT2D eigenvalue weighted by molar-refractivity contribution is 7.80. The van der Waals surface area contributed by atoms with Crippen molar-refractivity contribution in [2.24, 2.45) is 16.8 Å². The predicted molar refractivity (Wildman–Crippen MR) is 119 cm³/mol. The highest BCUT2D eigenvalue weighted by atomic mass is 32.1. The summed E-state index contributed by atoms with van der Waals surface area (Å²) in [4.78, 5) is 2.41. The van der Waals surface area contributed by atoms with Crippen LogP contribution in [0.15, 0.2) is 65.8 Å². The maximum absolute atomic E-state index is 5.69. The summed E-state index contributed by atoms with van der Waals surface area (Å²) < 4.78 is 0. The van der Waals surface area contributed by atoms with Gasteiger partial charge in [-0.15, -0.1) is 0 Å². The minimum absolute atomic E-state index is 0.0759. The summed E-state index contributed by atoms with van der Waals surface area (Å²) in [5, 5.41) is 4.94. The number of nitrogens with two attached hydrogens (primary N) is 1. The van der Waals surface area contributed by atoms with Crippen molar-refractivity contribution in [3.05, 3.63) is 71.8 Å². The van der Waals surface area contributed by atoms with Crippen LogP contribution in [0.1, 0.15) is 42.2 Å². The molecule has 0 spiro atoms. The Labute approximate surface area is 172 Å². The Morgan fingerprint density at radius 1 is 1.00 bits per heavy atom. The molecule has 0 amide bonds. The number of thiocarbonyl (C=S) groups is 1. The molecule has 5 heteroatoms. The van der Waals surface area contributed by atoms with E-state index < -0.39 is 0 Å².